The third kappa shape index (κ3) is 15.2. The molecule has 0 aliphatic heterocycles. The highest BCUT2D eigenvalue weighted by atomic mass is 16.6. The first-order valence-corrected chi connectivity index (χ1v) is 15.5. The summed E-state index contributed by atoms with van der Waals surface area (Å²) in [6, 6.07) is 7.72. The summed E-state index contributed by atoms with van der Waals surface area (Å²) in [5.74, 6) is -1.55. The van der Waals surface area contributed by atoms with Crippen molar-refractivity contribution in [2.75, 3.05) is 33.0 Å². The van der Waals surface area contributed by atoms with E-state index < -0.39 is 30.1 Å². The van der Waals surface area contributed by atoms with Gasteiger partial charge in [0.2, 0.25) is 11.8 Å². The van der Waals surface area contributed by atoms with Crippen molar-refractivity contribution in [1.82, 2.24) is 16.0 Å². The van der Waals surface area contributed by atoms with Gasteiger partial charge >= 0.3 is 12.1 Å². The summed E-state index contributed by atoms with van der Waals surface area (Å²) in [6.07, 6.45) is 8.86. The molecule has 1 aromatic carbocycles. The van der Waals surface area contributed by atoms with Crippen LogP contribution in [0.15, 0.2) is 55.6 Å². The van der Waals surface area contributed by atoms with E-state index in [0.29, 0.717) is 18.8 Å². The number of rotatable bonds is 21. The van der Waals surface area contributed by atoms with Gasteiger partial charge in [-0.15, -0.1) is 13.2 Å². The molecule has 3 atom stereocenters. The smallest absolute Gasteiger partial charge is 0.408 e. The van der Waals surface area contributed by atoms with Crippen LogP contribution in [0.2, 0.25) is 0 Å². The number of carbonyl (C=O) groups excluding carboxylic acids is 4. The highest BCUT2D eigenvalue weighted by Gasteiger charge is 2.28. The zero-order valence-electron chi connectivity index (χ0n) is 25.7. The molecular weight excluding hydrogens is 566 g/mol. The molecule has 1 aromatic rings. The molecule has 44 heavy (non-hydrogen) atoms. The van der Waals surface area contributed by atoms with Gasteiger partial charge in [0.05, 0.1) is 31.8 Å². The Hall–Kier alpha value is -3.70. The summed E-state index contributed by atoms with van der Waals surface area (Å²) >= 11 is 0. The number of benzene rings is 1. The normalized spacial score (nSPS) is 15.2. The zero-order valence-corrected chi connectivity index (χ0v) is 25.7. The highest BCUT2D eigenvalue weighted by Crippen LogP contribution is 2.27. The van der Waals surface area contributed by atoms with Crippen LogP contribution >= 0.6 is 0 Å². The second-order valence-electron chi connectivity index (χ2n) is 11.0. The van der Waals surface area contributed by atoms with Crippen molar-refractivity contribution in [3.63, 3.8) is 0 Å². The number of carbonyl (C=O) groups is 4. The minimum Gasteiger partial charge on any atom is -0.462 e. The number of hydrogen-bond donors (Lipinski definition) is 4. The first-order valence-electron chi connectivity index (χ1n) is 15.5. The van der Waals surface area contributed by atoms with Gasteiger partial charge in [0.25, 0.3) is 0 Å². The van der Waals surface area contributed by atoms with E-state index in [-0.39, 0.29) is 64.2 Å². The molecule has 2 rings (SSSR count). The van der Waals surface area contributed by atoms with E-state index in [1.807, 2.05) is 30.3 Å². The molecule has 3 amide bonds. The Labute approximate surface area is 260 Å². The first-order chi connectivity index (χ1) is 21.4. The molecule has 11 heteroatoms. The minimum absolute atomic E-state index is 0.0375. The maximum atomic E-state index is 13.3. The third-order valence-electron chi connectivity index (χ3n) is 7.37. The van der Waals surface area contributed by atoms with E-state index in [4.69, 9.17) is 19.3 Å². The molecule has 0 aromatic heterocycles. The number of amides is 3. The van der Waals surface area contributed by atoms with Crippen molar-refractivity contribution in [1.29, 1.82) is 0 Å². The molecule has 0 heterocycles. The fourth-order valence-corrected chi connectivity index (χ4v) is 5.09. The number of ether oxygens (including phenoxy) is 3. The largest absolute Gasteiger partial charge is 0.462 e. The van der Waals surface area contributed by atoms with Crippen LogP contribution in [0.1, 0.15) is 63.4 Å². The molecule has 1 saturated carbocycles. The van der Waals surface area contributed by atoms with E-state index in [2.05, 4.69) is 29.1 Å². The number of esters is 1. The lowest BCUT2D eigenvalue weighted by Gasteiger charge is -2.28. The lowest BCUT2D eigenvalue weighted by atomic mass is 9.84. The number of nitrogens with one attached hydrogen (secondary N) is 3. The van der Waals surface area contributed by atoms with Gasteiger partial charge in [0.1, 0.15) is 19.3 Å². The van der Waals surface area contributed by atoms with Gasteiger partial charge in [-0.1, -0.05) is 74.6 Å². The summed E-state index contributed by atoms with van der Waals surface area (Å²) in [6.45, 7) is 7.99. The van der Waals surface area contributed by atoms with Crippen LogP contribution in [-0.4, -0.2) is 74.0 Å². The number of allylic oxidation sites excluding steroid dienone is 1. The molecular formula is C33H49N3O8. The summed E-state index contributed by atoms with van der Waals surface area (Å²) in [5, 5.41) is 17.1. The van der Waals surface area contributed by atoms with Crippen LogP contribution in [0, 0.1) is 11.8 Å². The molecule has 1 aliphatic carbocycles. The van der Waals surface area contributed by atoms with Gasteiger partial charge in [-0.05, 0) is 30.7 Å². The molecule has 0 spiro atoms. The predicted molar refractivity (Wildman–Crippen MR) is 166 cm³/mol. The van der Waals surface area contributed by atoms with E-state index in [0.717, 1.165) is 31.2 Å². The second-order valence-corrected chi connectivity index (χ2v) is 11.0. The van der Waals surface area contributed by atoms with Gasteiger partial charge in [0, 0.05) is 13.0 Å². The van der Waals surface area contributed by atoms with Crippen molar-refractivity contribution < 1.29 is 38.5 Å². The summed E-state index contributed by atoms with van der Waals surface area (Å²) in [7, 11) is 0. The Morgan fingerprint density at radius 2 is 1.68 bits per heavy atom. The Bertz CT molecular complexity index is 1030. The van der Waals surface area contributed by atoms with Crippen LogP contribution in [-0.2, 0) is 35.2 Å². The summed E-state index contributed by atoms with van der Waals surface area (Å²) in [4.78, 5) is 51.2. The molecule has 11 nitrogen and oxygen atoms in total. The SMILES string of the molecule is C=CCC(CC(=O)NCCOCCO)C(=O)NC(COC(=O)C(CC=C)NC(=O)OCc1ccccc1)CC1CCCCC1. The number of aliphatic hydroxyl groups is 1. The first kappa shape index (κ1) is 36.5. The monoisotopic (exact) mass is 615 g/mol. The average molecular weight is 616 g/mol. The van der Waals surface area contributed by atoms with Gasteiger partial charge in [-0.3, -0.25) is 9.59 Å². The highest BCUT2D eigenvalue weighted by molar-refractivity contribution is 5.86. The molecule has 244 valence electrons. The predicted octanol–water partition coefficient (Wildman–Crippen LogP) is 3.56. The third-order valence-corrected chi connectivity index (χ3v) is 7.37. The van der Waals surface area contributed by atoms with Gasteiger partial charge in [-0.25, -0.2) is 9.59 Å². The fourth-order valence-electron chi connectivity index (χ4n) is 5.09. The van der Waals surface area contributed by atoms with Gasteiger partial charge in [-0.2, -0.15) is 0 Å². The fraction of sp³-hybridized carbons (Fsp3) is 0.576. The quantitative estimate of drug-likeness (QED) is 0.0931. The summed E-state index contributed by atoms with van der Waals surface area (Å²) in [5.41, 5.74) is 0.811. The Kier molecular flexibility index (Phi) is 18.2. The van der Waals surface area contributed by atoms with Crippen LogP contribution < -0.4 is 16.0 Å². The zero-order chi connectivity index (χ0) is 32.0. The Morgan fingerprint density at radius 1 is 0.955 bits per heavy atom. The molecule has 0 radical (unpaired) electrons. The lowest BCUT2D eigenvalue weighted by Crippen LogP contribution is -2.46. The van der Waals surface area contributed by atoms with Crippen LogP contribution in [0.3, 0.4) is 0 Å². The van der Waals surface area contributed by atoms with Crippen molar-refractivity contribution in [2.24, 2.45) is 11.8 Å². The van der Waals surface area contributed by atoms with Crippen LogP contribution in [0.4, 0.5) is 4.79 Å². The Balaban J connectivity index is 1.97. The van der Waals surface area contributed by atoms with E-state index in [9.17, 15) is 19.2 Å². The Morgan fingerprint density at radius 3 is 2.36 bits per heavy atom. The van der Waals surface area contributed by atoms with Gasteiger partial charge < -0.3 is 35.3 Å². The number of aliphatic hydroxyl groups excluding tert-OH is 1. The van der Waals surface area contributed by atoms with Crippen molar-refractivity contribution in [3.05, 3.63) is 61.2 Å². The molecule has 1 aliphatic rings. The van der Waals surface area contributed by atoms with Crippen molar-refractivity contribution in [3.8, 4) is 0 Å². The number of hydrogen-bond acceptors (Lipinski definition) is 8. The number of alkyl carbamates (subject to hydrolysis) is 1. The average Bonchev–Trinajstić information content (AvgIpc) is 3.03. The lowest BCUT2D eigenvalue weighted by molar-refractivity contribution is -0.147. The van der Waals surface area contributed by atoms with E-state index >= 15 is 0 Å². The summed E-state index contributed by atoms with van der Waals surface area (Å²) < 4.78 is 16.0. The van der Waals surface area contributed by atoms with Crippen molar-refractivity contribution >= 4 is 23.9 Å². The maximum absolute atomic E-state index is 13.3. The molecule has 0 saturated heterocycles. The minimum atomic E-state index is -1.000. The van der Waals surface area contributed by atoms with Gasteiger partial charge in [0.15, 0.2) is 0 Å². The molecule has 3 unspecified atom stereocenters. The van der Waals surface area contributed by atoms with Crippen LogP contribution in [0.5, 0.6) is 0 Å². The standard InChI is InChI=1S/C33H49N3O8/c1-3-11-27(22-30(38)34-17-19-42-20-18-37)31(39)35-28(21-25-13-7-5-8-14-25)24-43-32(40)29(12-4-2)36-33(41)44-23-26-15-9-6-10-16-26/h3-4,6,9-10,15-16,25,27-29,37H,1-2,5,7-8,11-14,17-24H2,(H,34,38)(H,35,39)(H,36,41). The van der Waals surface area contributed by atoms with Crippen LogP contribution in [0.25, 0.3) is 0 Å². The topological polar surface area (TPSA) is 152 Å². The molecule has 0 bridgehead atoms. The maximum Gasteiger partial charge on any atom is 0.408 e. The molecule has 1 fully saturated rings. The van der Waals surface area contributed by atoms with E-state index in [1.165, 1.54) is 12.5 Å². The van der Waals surface area contributed by atoms with E-state index in [1.54, 1.807) is 6.08 Å². The molecule has 4 N–H and O–H groups in total. The second kappa shape index (κ2) is 21.9. The van der Waals surface area contributed by atoms with Crippen molar-refractivity contribution in [2.45, 2.75) is 76.5 Å².